The summed E-state index contributed by atoms with van der Waals surface area (Å²) in [5, 5.41) is 0. The van der Waals surface area contributed by atoms with Crippen molar-refractivity contribution in [3.8, 4) is 34.5 Å². The highest BCUT2D eigenvalue weighted by atomic mass is 16.6. The summed E-state index contributed by atoms with van der Waals surface area (Å²) in [4.78, 5) is 50.8. The highest BCUT2D eigenvalue weighted by molar-refractivity contribution is 5.91. The minimum atomic E-state index is -0.497. The van der Waals surface area contributed by atoms with Crippen LogP contribution in [0.2, 0.25) is 0 Å². The van der Waals surface area contributed by atoms with Gasteiger partial charge in [0.25, 0.3) is 0 Å². The molecule has 0 N–H and O–H groups in total. The van der Waals surface area contributed by atoms with E-state index in [2.05, 4.69) is 0 Å². The van der Waals surface area contributed by atoms with Crippen molar-refractivity contribution in [2.24, 2.45) is 0 Å². The highest BCUT2D eigenvalue weighted by Crippen LogP contribution is 2.26. The third kappa shape index (κ3) is 16.2. The van der Waals surface area contributed by atoms with Gasteiger partial charge in [-0.15, -0.1) is 0 Å². The number of hydrogen-bond donors (Lipinski definition) is 0. The highest BCUT2D eigenvalue weighted by Gasteiger charge is 2.23. The number of aryl methyl sites for hydroxylation is 3. The first-order valence-electron chi connectivity index (χ1n) is 21.7. The molecule has 14 nitrogen and oxygen atoms in total. The standard InChI is InChI=1S/C51H52O14/c1-35-30-44(62-48(52)24-8-36-4-14-42(15-5-36)63-50(54)38-10-18-40(19-11-38)58-28-2-26-56-31-45-33-60-45)22-23-47(35)65-49(53)25-9-37-6-16-43(17-7-37)64-51(55)39-12-20-41(21-13-39)59-29-3-27-57-32-46-34-61-46/h4-7,10-23,30,45-46H,2-3,8-9,24-29,31-34H2,1H3. The van der Waals surface area contributed by atoms with Crippen LogP contribution >= 0.6 is 0 Å². The summed E-state index contributed by atoms with van der Waals surface area (Å²) in [5.74, 6) is 0.904. The van der Waals surface area contributed by atoms with Crippen molar-refractivity contribution >= 4 is 23.9 Å². The first-order chi connectivity index (χ1) is 31.7. The Morgan fingerprint density at radius 3 is 1.34 bits per heavy atom. The number of carbonyl (C=O) groups excluding carboxylic acids is 4. The number of benzene rings is 5. The van der Waals surface area contributed by atoms with E-state index in [1.165, 1.54) is 0 Å². The first kappa shape index (κ1) is 46.4. The summed E-state index contributed by atoms with van der Waals surface area (Å²) in [7, 11) is 0. The molecule has 0 amide bonds. The fraction of sp³-hybridized carbons (Fsp3) is 0.333. The summed E-state index contributed by atoms with van der Waals surface area (Å²) in [5.41, 5.74) is 3.14. The predicted molar refractivity (Wildman–Crippen MR) is 236 cm³/mol. The molecule has 2 atom stereocenters. The minimum absolute atomic E-state index is 0.119. The lowest BCUT2D eigenvalue weighted by Gasteiger charge is -2.10. The number of esters is 4. The molecule has 7 rings (SSSR count). The lowest BCUT2D eigenvalue weighted by molar-refractivity contribution is -0.135. The van der Waals surface area contributed by atoms with Gasteiger partial charge in [0.2, 0.25) is 0 Å². The summed E-state index contributed by atoms with van der Waals surface area (Å²) in [6, 6.07) is 32.2. The van der Waals surface area contributed by atoms with E-state index < -0.39 is 23.9 Å². The largest absolute Gasteiger partial charge is 0.494 e. The van der Waals surface area contributed by atoms with Gasteiger partial charge in [-0.25, -0.2) is 9.59 Å². The van der Waals surface area contributed by atoms with Gasteiger partial charge >= 0.3 is 23.9 Å². The number of ether oxygens (including phenoxy) is 10. The van der Waals surface area contributed by atoms with Crippen LogP contribution in [-0.4, -0.2) is 88.9 Å². The lowest BCUT2D eigenvalue weighted by Crippen LogP contribution is -2.11. The average molecular weight is 889 g/mol. The number of epoxide rings is 2. The summed E-state index contributed by atoms with van der Waals surface area (Å²) in [6.45, 7) is 6.74. The summed E-state index contributed by atoms with van der Waals surface area (Å²) < 4.78 is 54.8. The van der Waals surface area contributed by atoms with Gasteiger partial charge in [-0.2, -0.15) is 0 Å². The summed E-state index contributed by atoms with van der Waals surface area (Å²) >= 11 is 0. The monoisotopic (exact) mass is 888 g/mol. The second-order valence-electron chi connectivity index (χ2n) is 15.5. The molecule has 340 valence electrons. The zero-order chi connectivity index (χ0) is 45.2. The van der Waals surface area contributed by atoms with Crippen LogP contribution in [0.15, 0.2) is 115 Å². The van der Waals surface area contributed by atoms with E-state index in [9.17, 15) is 19.2 Å². The normalized spacial score (nSPS) is 14.8. The van der Waals surface area contributed by atoms with E-state index in [0.29, 0.717) is 104 Å². The van der Waals surface area contributed by atoms with E-state index >= 15 is 0 Å². The molecule has 2 fully saturated rings. The fourth-order valence-electron chi connectivity index (χ4n) is 6.26. The van der Waals surface area contributed by atoms with E-state index in [-0.39, 0.29) is 25.0 Å². The Labute approximate surface area is 377 Å². The Hall–Kier alpha value is -6.58. The van der Waals surface area contributed by atoms with E-state index in [4.69, 9.17) is 47.4 Å². The molecule has 65 heavy (non-hydrogen) atoms. The maximum Gasteiger partial charge on any atom is 0.343 e. The van der Waals surface area contributed by atoms with Gasteiger partial charge in [0.1, 0.15) is 46.7 Å². The number of rotatable bonds is 26. The second kappa shape index (κ2) is 23.9. The van der Waals surface area contributed by atoms with Crippen molar-refractivity contribution in [1.82, 2.24) is 0 Å². The van der Waals surface area contributed by atoms with E-state index in [1.807, 2.05) is 0 Å². The number of hydrogen-bond acceptors (Lipinski definition) is 14. The Morgan fingerprint density at radius 1 is 0.492 bits per heavy atom. The van der Waals surface area contributed by atoms with Crippen LogP contribution in [0.3, 0.4) is 0 Å². The minimum Gasteiger partial charge on any atom is -0.494 e. The molecule has 14 heteroatoms. The predicted octanol–water partition coefficient (Wildman–Crippen LogP) is 7.88. The Morgan fingerprint density at radius 2 is 0.908 bits per heavy atom. The van der Waals surface area contributed by atoms with Gasteiger partial charge in [-0.1, -0.05) is 24.3 Å². The molecule has 0 aromatic heterocycles. The molecule has 2 unspecified atom stereocenters. The molecule has 0 saturated carbocycles. The van der Waals surface area contributed by atoms with Crippen molar-refractivity contribution in [2.45, 2.75) is 57.7 Å². The van der Waals surface area contributed by atoms with Crippen LogP contribution in [0.4, 0.5) is 0 Å². The van der Waals surface area contributed by atoms with Crippen molar-refractivity contribution < 1.29 is 66.5 Å². The average Bonchev–Trinajstić information content (AvgIpc) is 4.27. The van der Waals surface area contributed by atoms with Crippen LogP contribution < -0.4 is 28.4 Å². The molecule has 0 aliphatic carbocycles. The molecular formula is C51H52O14. The Balaban J connectivity index is 0.755. The molecule has 2 heterocycles. The molecule has 5 aromatic rings. The van der Waals surface area contributed by atoms with E-state index in [1.54, 1.807) is 122 Å². The lowest BCUT2D eigenvalue weighted by atomic mass is 10.1. The third-order valence-electron chi connectivity index (χ3n) is 10.1. The van der Waals surface area contributed by atoms with Crippen molar-refractivity contribution in [3.05, 3.63) is 143 Å². The topological polar surface area (TPSA) is 167 Å². The van der Waals surface area contributed by atoms with Gasteiger partial charge in [0.15, 0.2) is 0 Å². The maximum absolute atomic E-state index is 12.7. The van der Waals surface area contributed by atoms with E-state index in [0.717, 1.165) is 37.2 Å². The van der Waals surface area contributed by atoms with Crippen LogP contribution in [0.1, 0.15) is 63.1 Å². The van der Waals surface area contributed by atoms with Crippen LogP contribution in [0.5, 0.6) is 34.5 Å². The van der Waals surface area contributed by atoms with Crippen LogP contribution in [0, 0.1) is 6.92 Å². The van der Waals surface area contributed by atoms with Gasteiger partial charge in [0.05, 0.1) is 50.8 Å². The molecule has 5 aromatic carbocycles. The molecule has 0 radical (unpaired) electrons. The summed E-state index contributed by atoms with van der Waals surface area (Å²) in [6.07, 6.45) is 3.06. The van der Waals surface area contributed by atoms with Gasteiger partial charge in [-0.05, 0) is 127 Å². The fourth-order valence-corrected chi connectivity index (χ4v) is 6.26. The van der Waals surface area contributed by atoms with Gasteiger partial charge < -0.3 is 47.4 Å². The molecule has 2 saturated heterocycles. The Bertz CT molecular complexity index is 2320. The van der Waals surface area contributed by atoms with Crippen molar-refractivity contribution in [3.63, 3.8) is 0 Å². The second-order valence-corrected chi connectivity index (χ2v) is 15.5. The quantitative estimate of drug-likeness (QED) is 0.0228. The van der Waals surface area contributed by atoms with Crippen molar-refractivity contribution in [2.75, 3.05) is 52.9 Å². The van der Waals surface area contributed by atoms with Crippen molar-refractivity contribution in [1.29, 1.82) is 0 Å². The van der Waals surface area contributed by atoms with Crippen LogP contribution in [-0.2, 0) is 41.4 Å². The maximum atomic E-state index is 12.7. The zero-order valence-electron chi connectivity index (χ0n) is 36.2. The molecule has 0 bridgehead atoms. The third-order valence-corrected chi connectivity index (χ3v) is 10.1. The first-order valence-corrected chi connectivity index (χ1v) is 21.7. The molecular weight excluding hydrogens is 837 g/mol. The number of carbonyl (C=O) groups is 4. The van der Waals surface area contributed by atoms with Gasteiger partial charge in [-0.3, -0.25) is 9.59 Å². The molecule has 2 aliphatic heterocycles. The molecule has 0 spiro atoms. The zero-order valence-corrected chi connectivity index (χ0v) is 36.2. The van der Waals surface area contributed by atoms with Crippen LogP contribution in [0.25, 0.3) is 0 Å². The Kier molecular flexibility index (Phi) is 17.1. The smallest absolute Gasteiger partial charge is 0.343 e. The van der Waals surface area contributed by atoms with Gasteiger partial charge in [0, 0.05) is 38.9 Å². The molecule has 2 aliphatic rings. The SMILES string of the molecule is Cc1cc(OC(=O)CCc2ccc(OC(=O)c3ccc(OCCCOCC4CO4)cc3)cc2)ccc1OC(=O)CCc1ccc(OC(=O)c2ccc(OCCCOCC3CO3)cc2)cc1.